The van der Waals surface area contributed by atoms with Gasteiger partial charge < -0.3 is 9.47 Å². The van der Waals surface area contributed by atoms with Crippen LogP contribution in [0, 0.1) is 0 Å². The highest BCUT2D eigenvalue weighted by Crippen LogP contribution is 2.34. The van der Waals surface area contributed by atoms with Crippen molar-refractivity contribution in [1.82, 2.24) is 14.5 Å². The van der Waals surface area contributed by atoms with Gasteiger partial charge in [0.15, 0.2) is 0 Å². The SMILES string of the molecule is Cn1c([C@H]2CC(=O)N(C3CCCCC3)C2)nc2ccccc21. The number of benzene rings is 1. The van der Waals surface area contributed by atoms with Crippen molar-refractivity contribution in [2.24, 2.45) is 7.05 Å². The van der Waals surface area contributed by atoms with Gasteiger partial charge in [0.2, 0.25) is 5.91 Å². The molecular weight excluding hydrogens is 274 g/mol. The molecule has 1 saturated carbocycles. The Balaban J connectivity index is 1.60. The molecule has 0 bridgehead atoms. The zero-order valence-corrected chi connectivity index (χ0v) is 13.2. The Kier molecular flexibility index (Phi) is 3.40. The number of carbonyl (C=O) groups excluding carboxylic acids is 1. The lowest BCUT2D eigenvalue weighted by Gasteiger charge is -2.31. The van der Waals surface area contributed by atoms with Gasteiger partial charge >= 0.3 is 0 Å². The summed E-state index contributed by atoms with van der Waals surface area (Å²) < 4.78 is 2.16. The van der Waals surface area contributed by atoms with Crippen molar-refractivity contribution in [2.45, 2.75) is 50.5 Å². The Labute approximate surface area is 131 Å². The molecule has 2 aromatic rings. The quantitative estimate of drug-likeness (QED) is 0.853. The predicted octanol–water partition coefficient (Wildman–Crippen LogP) is 3.22. The molecule has 4 rings (SSSR count). The van der Waals surface area contributed by atoms with Gasteiger partial charge in [-0.1, -0.05) is 31.4 Å². The van der Waals surface area contributed by atoms with E-state index in [2.05, 4.69) is 28.6 Å². The summed E-state index contributed by atoms with van der Waals surface area (Å²) in [5.74, 6) is 1.63. The van der Waals surface area contributed by atoms with Gasteiger partial charge in [0, 0.05) is 32.0 Å². The van der Waals surface area contributed by atoms with Crippen LogP contribution in [0.2, 0.25) is 0 Å². The topological polar surface area (TPSA) is 38.1 Å². The number of likely N-dealkylation sites (tertiary alicyclic amines) is 1. The molecule has 4 nitrogen and oxygen atoms in total. The molecule has 1 aliphatic carbocycles. The maximum Gasteiger partial charge on any atom is 0.223 e. The third-order valence-corrected chi connectivity index (χ3v) is 5.36. The summed E-state index contributed by atoms with van der Waals surface area (Å²) in [6.45, 7) is 0.848. The van der Waals surface area contributed by atoms with E-state index in [0.29, 0.717) is 18.4 Å². The van der Waals surface area contributed by atoms with Crippen molar-refractivity contribution in [1.29, 1.82) is 0 Å². The van der Waals surface area contributed by atoms with Gasteiger partial charge in [-0.3, -0.25) is 4.79 Å². The van der Waals surface area contributed by atoms with Crippen LogP contribution in [0.25, 0.3) is 11.0 Å². The van der Waals surface area contributed by atoms with Crippen LogP contribution in [-0.4, -0.2) is 32.9 Å². The molecule has 0 unspecified atom stereocenters. The molecule has 2 fully saturated rings. The van der Waals surface area contributed by atoms with Crippen LogP contribution in [0.15, 0.2) is 24.3 Å². The number of para-hydroxylation sites is 2. The molecule has 1 aliphatic heterocycles. The summed E-state index contributed by atoms with van der Waals surface area (Å²) in [5.41, 5.74) is 2.18. The molecule has 0 N–H and O–H groups in total. The number of aromatic nitrogens is 2. The third kappa shape index (κ3) is 2.21. The second-order valence-corrected chi connectivity index (χ2v) is 6.76. The van der Waals surface area contributed by atoms with Gasteiger partial charge in [0.1, 0.15) is 5.82 Å². The maximum atomic E-state index is 12.5. The van der Waals surface area contributed by atoms with Crippen LogP contribution >= 0.6 is 0 Å². The van der Waals surface area contributed by atoms with Crippen molar-refractivity contribution in [3.8, 4) is 0 Å². The van der Waals surface area contributed by atoms with Gasteiger partial charge in [-0.25, -0.2) is 4.98 Å². The highest BCUT2D eigenvalue weighted by molar-refractivity contribution is 5.81. The maximum absolute atomic E-state index is 12.5. The molecule has 0 radical (unpaired) electrons. The monoisotopic (exact) mass is 297 g/mol. The molecule has 2 aliphatic rings. The fraction of sp³-hybridized carbons (Fsp3) is 0.556. The molecule has 4 heteroatoms. The Hall–Kier alpha value is -1.84. The van der Waals surface area contributed by atoms with Crippen molar-refractivity contribution < 1.29 is 4.79 Å². The normalized spacial score (nSPS) is 23.6. The van der Waals surface area contributed by atoms with Crippen molar-refractivity contribution in [3.05, 3.63) is 30.1 Å². The lowest BCUT2D eigenvalue weighted by Crippen LogP contribution is -2.37. The zero-order chi connectivity index (χ0) is 15.1. The number of hydrogen-bond donors (Lipinski definition) is 0. The minimum Gasteiger partial charge on any atom is -0.339 e. The zero-order valence-electron chi connectivity index (χ0n) is 13.2. The average molecular weight is 297 g/mol. The van der Waals surface area contributed by atoms with E-state index in [9.17, 15) is 4.79 Å². The number of fused-ring (bicyclic) bond motifs is 1. The third-order valence-electron chi connectivity index (χ3n) is 5.36. The first kappa shape index (κ1) is 13.8. The van der Waals surface area contributed by atoms with E-state index < -0.39 is 0 Å². The van der Waals surface area contributed by atoms with Crippen LogP contribution in [0.5, 0.6) is 0 Å². The van der Waals surface area contributed by atoms with E-state index in [0.717, 1.165) is 23.4 Å². The molecule has 1 aromatic heterocycles. The molecule has 1 saturated heterocycles. The van der Waals surface area contributed by atoms with Crippen LogP contribution in [0.3, 0.4) is 0 Å². The van der Waals surface area contributed by atoms with Gasteiger partial charge in [-0.15, -0.1) is 0 Å². The van der Waals surface area contributed by atoms with Gasteiger partial charge in [0.25, 0.3) is 0 Å². The first-order valence-corrected chi connectivity index (χ1v) is 8.45. The fourth-order valence-electron chi connectivity index (χ4n) is 4.18. The van der Waals surface area contributed by atoms with Crippen molar-refractivity contribution in [2.75, 3.05) is 6.54 Å². The molecule has 22 heavy (non-hydrogen) atoms. The lowest BCUT2D eigenvalue weighted by molar-refractivity contribution is -0.130. The number of nitrogens with zero attached hydrogens (tertiary/aromatic N) is 3. The fourth-order valence-corrected chi connectivity index (χ4v) is 4.18. The van der Waals surface area contributed by atoms with E-state index in [-0.39, 0.29) is 5.92 Å². The standard InChI is InChI=1S/C18H23N3O/c1-20-16-10-6-5-9-15(16)19-18(20)13-11-17(22)21(12-13)14-7-3-2-4-8-14/h5-6,9-10,13-14H,2-4,7-8,11-12H2,1H3/t13-/m0/s1. The van der Waals surface area contributed by atoms with Gasteiger partial charge in [0.05, 0.1) is 11.0 Å². The predicted molar refractivity (Wildman–Crippen MR) is 86.7 cm³/mol. The first-order valence-electron chi connectivity index (χ1n) is 8.45. The lowest BCUT2D eigenvalue weighted by atomic mass is 9.94. The van der Waals surface area contributed by atoms with Crippen LogP contribution in [0.4, 0.5) is 0 Å². The van der Waals surface area contributed by atoms with E-state index in [1.54, 1.807) is 0 Å². The second-order valence-electron chi connectivity index (χ2n) is 6.76. The van der Waals surface area contributed by atoms with Crippen LogP contribution in [-0.2, 0) is 11.8 Å². The number of imidazole rings is 1. The molecule has 1 aromatic carbocycles. The molecule has 1 amide bonds. The van der Waals surface area contributed by atoms with Gasteiger partial charge in [-0.05, 0) is 25.0 Å². The molecule has 2 heterocycles. The summed E-state index contributed by atoms with van der Waals surface area (Å²) in [6, 6.07) is 8.69. The van der Waals surface area contributed by atoms with E-state index >= 15 is 0 Å². The Morgan fingerprint density at radius 3 is 2.68 bits per heavy atom. The summed E-state index contributed by atoms with van der Waals surface area (Å²) in [6.07, 6.45) is 6.85. The Morgan fingerprint density at radius 2 is 1.91 bits per heavy atom. The highest BCUT2D eigenvalue weighted by atomic mass is 16.2. The molecule has 0 spiro atoms. The van der Waals surface area contributed by atoms with E-state index in [1.807, 2.05) is 12.1 Å². The van der Waals surface area contributed by atoms with Gasteiger partial charge in [-0.2, -0.15) is 0 Å². The van der Waals surface area contributed by atoms with Crippen molar-refractivity contribution in [3.63, 3.8) is 0 Å². The van der Waals surface area contributed by atoms with Crippen LogP contribution in [0.1, 0.15) is 50.3 Å². The summed E-state index contributed by atoms with van der Waals surface area (Å²) >= 11 is 0. The molecule has 1 atom stereocenters. The Bertz CT molecular complexity index is 699. The highest BCUT2D eigenvalue weighted by Gasteiger charge is 2.37. The van der Waals surface area contributed by atoms with E-state index in [1.165, 1.54) is 32.1 Å². The first-order chi connectivity index (χ1) is 10.7. The minimum atomic E-state index is 0.242. The summed E-state index contributed by atoms with van der Waals surface area (Å²) in [7, 11) is 2.07. The summed E-state index contributed by atoms with van der Waals surface area (Å²) in [4.78, 5) is 19.4. The number of rotatable bonds is 2. The minimum absolute atomic E-state index is 0.242. The van der Waals surface area contributed by atoms with Crippen molar-refractivity contribution >= 4 is 16.9 Å². The average Bonchev–Trinajstić information content (AvgIpc) is 3.09. The second kappa shape index (κ2) is 5.41. The molecule has 116 valence electrons. The Morgan fingerprint density at radius 1 is 1.14 bits per heavy atom. The largest absolute Gasteiger partial charge is 0.339 e. The number of aryl methyl sites for hydroxylation is 1. The number of hydrogen-bond acceptors (Lipinski definition) is 2. The number of carbonyl (C=O) groups is 1. The van der Waals surface area contributed by atoms with E-state index in [4.69, 9.17) is 4.98 Å². The molecular formula is C18H23N3O. The van der Waals surface area contributed by atoms with Crippen LogP contribution < -0.4 is 0 Å². The smallest absolute Gasteiger partial charge is 0.223 e. The number of amides is 1. The summed E-state index contributed by atoms with van der Waals surface area (Å²) in [5, 5.41) is 0.